The van der Waals surface area contributed by atoms with Crippen molar-refractivity contribution in [3.63, 3.8) is 0 Å². The summed E-state index contributed by atoms with van der Waals surface area (Å²) in [5.41, 5.74) is 7.03. The maximum atomic E-state index is 5.92. The fraction of sp³-hybridized carbons (Fsp3) is 0.765. The first-order chi connectivity index (χ1) is 10.7. The molecule has 0 aromatic carbocycles. The lowest BCUT2D eigenvalue weighted by atomic mass is 10.00. The highest BCUT2D eigenvalue weighted by atomic mass is 15.2. The van der Waals surface area contributed by atoms with E-state index in [4.69, 9.17) is 5.73 Å². The molecule has 0 bridgehead atoms. The van der Waals surface area contributed by atoms with E-state index < -0.39 is 0 Å². The van der Waals surface area contributed by atoms with Gasteiger partial charge in [-0.2, -0.15) is 4.98 Å². The van der Waals surface area contributed by atoms with E-state index in [0.717, 1.165) is 43.4 Å². The fourth-order valence-corrected chi connectivity index (χ4v) is 3.87. The fourth-order valence-electron chi connectivity index (χ4n) is 3.87. The first-order valence-corrected chi connectivity index (χ1v) is 8.80. The Balaban J connectivity index is 1.57. The standard InChI is InChI=1S/C17H29N5/c1-19-15-9-10-22(12-15)16-11-14(20-17(18)21-16)8-4-7-13-5-2-3-6-13/h11,13,15,19H,2-10,12H2,1H3,(H2,18,20,21)/t15-/m1/s1. The Labute approximate surface area is 133 Å². The number of nitrogen functional groups attached to an aromatic ring is 1. The second kappa shape index (κ2) is 7.27. The lowest BCUT2D eigenvalue weighted by Crippen LogP contribution is -2.30. The first kappa shape index (κ1) is 15.5. The summed E-state index contributed by atoms with van der Waals surface area (Å²) in [7, 11) is 2.02. The minimum atomic E-state index is 0.418. The van der Waals surface area contributed by atoms with Gasteiger partial charge in [-0.15, -0.1) is 0 Å². The number of aryl methyl sites for hydroxylation is 1. The van der Waals surface area contributed by atoms with E-state index in [2.05, 4.69) is 26.3 Å². The van der Waals surface area contributed by atoms with Crippen LogP contribution in [0.2, 0.25) is 0 Å². The molecule has 122 valence electrons. The first-order valence-electron chi connectivity index (χ1n) is 8.80. The van der Waals surface area contributed by atoms with Gasteiger partial charge in [0.1, 0.15) is 5.82 Å². The topological polar surface area (TPSA) is 67.1 Å². The van der Waals surface area contributed by atoms with E-state index in [1.807, 2.05) is 7.05 Å². The highest BCUT2D eigenvalue weighted by Crippen LogP contribution is 2.29. The molecule has 0 spiro atoms. The van der Waals surface area contributed by atoms with Crippen LogP contribution in [0, 0.1) is 5.92 Å². The molecule has 1 aliphatic carbocycles. The normalized spacial score (nSPS) is 22.6. The summed E-state index contributed by atoms with van der Waals surface area (Å²) in [6.07, 6.45) is 10.5. The summed E-state index contributed by atoms with van der Waals surface area (Å²) in [5, 5.41) is 3.34. The van der Waals surface area contributed by atoms with E-state index in [1.54, 1.807) is 0 Å². The number of likely N-dealkylation sites (N-methyl/N-ethyl adjacent to an activating group) is 1. The van der Waals surface area contributed by atoms with Gasteiger partial charge in [0.2, 0.25) is 5.95 Å². The van der Waals surface area contributed by atoms with Gasteiger partial charge in [0.15, 0.2) is 0 Å². The zero-order chi connectivity index (χ0) is 15.4. The van der Waals surface area contributed by atoms with Crippen LogP contribution in [0.1, 0.15) is 50.6 Å². The number of nitrogens with one attached hydrogen (secondary N) is 1. The Bertz CT molecular complexity index is 484. The van der Waals surface area contributed by atoms with Gasteiger partial charge in [-0.25, -0.2) is 4.98 Å². The lowest BCUT2D eigenvalue weighted by molar-refractivity contribution is 0.482. The van der Waals surface area contributed by atoms with E-state index in [-0.39, 0.29) is 0 Å². The van der Waals surface area contributed by atoms with E-state index in [0.29, 0.717) is 12.0 Å². The van der Waals surface area contributed by atoms with Crippen molar-refractivity contribution in [2.24, 2.45) is 5.92 Å². The number of aromatic nitrogens is 2. The number of nitrogens with zero attached hydrogens (tertiary/aromatic N) is 3. The molecular weight excluding hydrogens is 274 g/mol. The van der Waals surface area contributed by atoms with Gasteiger partial charge < -0.3 is 16.0 Å². The van der Waals surface area contributed by atoms with Crippen LogP contribution in [0.4, 0.5) is 11.8 Å². The molecule has 2 fully saturated rings. The van der Waals surface area contributed by atoms with Crippen molar-refractivity contribution in [1.29, 1.82) is 0 Å². The Morgan fingerprint density at radius 2 is 2.09 bits per heavy atom. The predicted molar refractivity (Wildman–Crippen MR) is 91.0 cm³/mol. The Kier molecular flexibility index (Phi) is 5.13. The number of nitrogens with two attached hydrogens (primary N) is 1. The van der Waals surface area contributed by atoms with Crippen LogP contribution in [-0.2, 0) is 6.42 Å². The molecule has 0 amide bonds. The quantitative estimate of drug-likeness (QED) is 0.844. The van der Waals surface area contributed by atoms with Crippen molar-refractivity contribution >= 4 is 11.8 Å². The second-order valence-corrected chi connectivity index (χ2v) is 6.84. The molecule has 1 saturated carbocycles. The van der Waals surface area contributed by atoms with Crippen molar-refractivity contribution in [3.05, 3.63) is 11.8 Å². The third kappa shape index (κ3) is 3.88. The molecule has 3 N–H and O–H groups in total. The number of rotatable bonds is 6. The SMILES string of the molecule is CN[C@@H]1CCN(c2cc(CCCC3CCCC3)nc(N)n2)C1. The van der Waals surface area contributed by atoms with Crippen molar-refractivity contribution in [1.82, 2.24) is 15.3 Å². The van der Waals surface area contributed by atoms with Gasteiger partial charge in [-0.1, -0.05) is 32.1 Å². The maximum Gasteiger partial charge on any atom is 0.222 e. The van der Waals surface area contributed by atoms with Gasteiger partial charge in [0.25, 0.3) is 0 Å². The van der Waals surface area contributed by atoms with Gasteiger partial charge in [0.05, 0.1) is 0 Å². The third-order valence-corrected chi connectivity index (χ3v) is 5.22. The van der Waals surface area contributed by atoms with Crippen LogP contribution in [0.3, 0.4) is 0 Å². The zero-order valence-electron chi connectivity index (χ0n) is 13.7. The average Bonchev–Trinajstić information content (AvgIpc) is 3.18. The van der Waals surface area contributed by atoms with Gasteiger partial charge >= 0.3 is 0 Å². The van der Waals surface area contributed by atoms with Crippen LogP contribution in [-0.4, -0.2) is 36.1 Å². The smallest absolute Gasteiger partial charge is 0.222 e. The van der Waals surface area contributed by atoms with E-state index in [1.165, 1.54) is 38.5 Å². The monoisotopic (exact) mass is 303 g/mol. The Morgan fingerprint density at radius 1 is 1.27 bits per heavy atom. The van der Waals surface area contributed by atoms with Crippen molar-refractivity contribution in [2.75, 3.05) is 30.8 Å². The summed E-state index contributed by atoms with van der Waals surface area (Å²) in [6.45, 7) is 2.05. The summed E-state index contributed by atoms with van der Waals surface area (Å²) in [5.74, 6) is 2.37. The molecular formula is C17H29N5. The third-order valence-electron chi connectivity index (χ3n) is 5.22. The van der Waals surface area contributed by atoms with Crippen LogP contribution < -0.4 is 16.0 Å². The summed E-state index contributed by atoms with van der Waals surface area (Å²) < 4.78 is 0. The number of hydrogen-bond acceptors (Lipinski definition) is 5. The minimum absolute atomic E-state index is 0.418. The molecule has 5 heteroatoms. The molecule has 1 saturated heterocycles. The van der Waals surface area contributed by atoms with Crippen LogP contribution in [0.15, 0.2) is 6.07 Å². The summed E-state index contributed by atoms with van der Waals surface area (Å²) in [4.78, 5) is 11.2. The van der Waals surface area contributed by atoms with Crippen LogP contribution in [0.5, 0.6) is 0 Å². The van der Waals surface area contributed by atoms with Crippen molar-refractivity contribution in [3.8, 4) is 0 Å². The average molecular weight is 303 g/mol. The largest absolute Gasteiger partial charge is 0.368 e. The second-order valence-electron chi connectivity index (χ2n) is 6.84. The molecule has 1 aromatic heterocycles. The molecule has 2 heterocycles. The predicted octanol–water partition coefficient (Wildman–Crippen LogP) is 2.37. The molecule has 2 aliphatic rings. The summed E-state index contributed by atoms with van der Waals surface area (Å²) in [6, 6.07) is 2.70. The Hall–Kier alpha value is -1.36. The highest BCUT2D eigenvalue weighted by Gasteiger charge is 2.22. The molecule has 0 radical (unpaired) electrons. The number of hydrogen-bond donors (Lipinski definition) is 2. The zero-order valence-corrected chi connectivity index (χ0v) is 13.7. The van der Waals surface area contributed by atoms with Crippen LogP contribution >= 0.6 is 0 Å². The minimum Gasteiger partial charge on any atom is -0.368 e. The van der Waals surface area contributed by atoms with Gasteiger partial charge in [-0.3, -0.25) is 0 Å². The molecule has 5 nitrogen and oxygen atoms in total. The van der Waals surface area contributed by atoms with Crippen molar-refractivity contribution in [2.45, 2.75) is 57.4 Å². The molecule has 22 heavy (non-hydrogen) atoms. The lowest BCUT2D eigenvalue weighted by Gasteiger charge is -2.18. The molecule has 0 unspecified atom stereocenters. The van der Waals surface area contributed by atoms with Gasteiger partial charge in [-0.05, 0) is 32.2 Å². The van der Waals surface area contributed by atoms with E-state index >= 15 is 0 Å². The molecule has 1 aromatic rings. The molecule has 1 atom stereocenters. The molecule has 1 aliphatic heterocycles. The van der Waals surface area contributed by atoms with Crippen LogP contribution in [0.25, 0.3) is 0 Å². The Morgan fingerprint density at radius 3 is 2.82 bits per heavy atom. The van der Waals surface area contributed by atoms with Crippen molar-refractivity contribution < 1.29 is 0 Å². The number of anilines is 2. The van der Waals surface area contributed by atoms with Gasteiger partial charge in [0, 0.05) is 30.9 Å². The summed E-state index contributed by atoms with van der Waals surface area (Å²) >= 11 is 0. The van der Waals surface area contributed by atoms with E-state index in [9.17, 15) is 0 Å². The molecule has 3 rings (SSSR count). The highest BCUT2D eigenvalue weighted by molar-refractivity contribution is 5.44. The maximum absolute atomic E-state index is 5.92.